The van der Waals surface area contributed by atoms with E-state index in [4.69, 9.17) is 4.74 Å². The molecule has 0 aromatic heterocycles. The van der Waals surface area contributed by atoms with Crippen LogP contribution < -0.4 is 10.6 Å². The van der Waals surface area contributed by atoms with Crippen molar-refractivity contribution in [3.8, 4) is 5.75 Å². The van der Waals surface area contributed by atoms with Crippen LogP contribution in [-0.4, -0.2) is 45.6 Å². The molecule has 0 bridgehead atoms. The highest BCUT2D eigenvalue weighted by atomic mass is 16.6. The molecule has 0 aliphatic carbocycles. The lowest BCUT2D eigenvalue weighted by Gasteiger charge is -2.37. The zero-order valence-electron chi connectivity index (χ0n) is 26.1. The molecule has 3 N–H and O–H groups in total. The molecule has 0 fully saturated rings. The number of carbonyl (C=O) groups excluding carboxylic acids is 3. The normalized spacial score (nSPS) is 12.7. The van der Waals surface area contributed by atoms with Crippen molar-refractivity contribution in [3.63, 3.8) is 0 Å². The van der Waals surface area contributed by atoms with Crippen molar-refractivity contribution >= 4 is 29.7 Å². The first-order chi connectivity index (χ1) is 20.2. The number of para-hydroxylation sites is 1. The van der Waals surface area contributed by atoms with Crippen molar-refractivity contribution in [1.29, 1.82) is 0 Å². The van der Waals surface area contributed by atoms with Crippen LogP contribution in [0.3, 0.4) is 0 Å². The Labute approximate surface area is 254 Å². The van der Waals surface area contributed by atoms with E-state index < -0.39 is 35.7 Å². The summed E-state index contributed by atoms with van der Waals surface area (Å²) in [5.74, 6) is -0.762. The molecule has 3 rings (SSSR count). The molecule has 3 aromatic rings. The maximum atomic E-state index is 14.5. The first kappa shape index (κ1) is 32.9. The highest BCUT2D eigenvalue weighted by Gasteiger charge is 2.38. The van der Waals surface area contributed by atoms with Crippen LogP contribution in [0, 0.1) is 13.8 Å². The fourth-order valence-corrected chi connectivity index (χ4v) is 4.87. The molecular formula is C35H43N3O5. The van der Waals surface area contributed by atoms with Gasteiger partial charge in [0, 0.05) is 18.2 Å². The molecule has 3 amide bonds. The van der Waals surface area contributed by atoms with Gasteiger partial charge in [-0.15, -0.1) is 0 Å². The smallest absolute Gasteiger partial charge is 0.408 e. The molecule has 8 nitrogen and oxygen atoms in total. The zero-order chi connectivity index (χ0) is 31.9. The van der Waals surface area contributed by atoms with Crippen molar-refractivity contribution in [1.82, 2.24) is 10.2 Å². The molecule has 2 atom stereocenters. The zero-order valence-corrected chi connectivity index (χ0v) is 26.1. The third-order valence-electron chi connectivity index (χ3n) is 6.89. The highest BCUT2D eigenvalue weighted by Crippen LogP contribution is 2.29. The summed E-state index contributed by atoms with van der Waals surface area (Å²) >= 11 is 0. The summed E-state index contributed by atoms with van der Waals surface area (Å²) in [7, 11) is 0. The number of aromatic hydroxyl groups is 1. The number of alkyl carbamates (subject to hydrolysis) is 1. The third kappa shape index (κ3) is 8.95. The first-order valence-electron chi connectivity index (χ1n) is 14.4. The van der Waals surface area contributed by atoms with E-state index in [2.05, 4.69) is 17.2 Å². The van der Waals surface area contributed by atoms with Gasteiger partial charge in [0.05, 0.1) is 0 Å². The predicted molar refractivity (Wildman–Crippen MR) is 171 cm³/mol. The molecule has 0 heterocycles. The number of carbonyl (C=O) groups is 3. The average Bonchev–Trinajstić information content (AvgIpc) is 2.93. The number of ether oxygens (including phenoxy) is 1. The minimum Gasteiger partial charge on any atom is -0.508 e. The Hall–Kier alpha value is -4.59. The molecule has 0 spiro atoms. The van der Waals surface area contributed by atoms with Crippen molar-refractivity contribution in [2.24, 2.45) is 0 Å². The number of phenolic OH excluding ortho intramolecular Hbond substituents is 1. The van der Waals surface area contributed by atoms with Gasteiger partial charge in [-0.3, -0.25) is 9.59 Å². The van der Waals surface area contributed by atoms with Crippen molar-refractivity contribution < 1.29 is 24.2 Å². The van der Waals surface area contributed by atoms with Crippen molar-refractivity contribution in [2.75, 3.05) is 5.32 Å². The molecule has 0 radical (unpaired) electrons. The average molecular weight is 586 g/mol. The lowest BCUT2D eigenvalue weighted by molar-refractivity contribution is -0.142. The number of aryl methyl sites for hydroxylation is 2. The number of nitrogens with one attached hydrogen (secondary N) is 2. The molecule has 43 heavy (non-hydrogen) atoms. The second-order valence-corrected chi connectivity index (χ2v) is 11.9. The van der Waals surface area contributed by atoms with E-state index in [-0.39, 0.29) is 18.1 Å². The quantitative estimate of drug-likeness (QED) is 0.245. The maximum absolute atomic E-state index is 14.5. The topological polar surface area (TPSA) is 108 Å². The van der Waals surface area contributed by atoms with Gasteiger partial charge in [-0.05, 0) is 94.5 Å². The summed E-state index contributed by atoms with van der Waals surface area (Å²) in [6.07, 6.45) is 1.04. The number of anilines is 1. The molecule has 0 aliphatic heterocycles. The Morgan fingerprint density at radius 3 is 2.14 bits per heavy atom. The minimum absolute atomic E-state index is 0.0841. The number of hydrogen-bond acceptors (Lipinski definition) is 5. The van der Waals surface area contributed by atoms with Crippen LogP contribution in [0.5, 0.6) is 5.75 Å². The summed E-state index contributed by atoms with van der Waals surface area (Å²) in [5, 5.41) is 15.6. The lowest BCUT2D eigenvalue weighted by atomic mass is 9.97. The molecule has 0 saturated heterocycles. The summed E-state index contributed by atoms with van der Waals surface area (Å²) in [6, 6.07) is 17.0. The van der Waals surface area contributed by atoms with Gasteiger partial charge >= 0.3 is 6.09 Å². The fraction of sp³-hybridized carbons (Fsp3) is 0.343. The molecule has 3 aromatic carbocycles. The Balaban J connectivity index is 2.11. The number of amides is 3. The van der Waals surface area contributed by atoms with E-state index in [9.17, 15) is 19.5 Å². The van der Waals surface area contributed by atoms with Crippen LogP contribution in [0.1, 0.15) is 68.5 Å². The second-order valence-electron chi connectivity index (χ2n) is 11.9. The Morgan fingerprint density at radius 2 is 1.58 bits per heavy atom. The van der Waals surface area contributed by atoms with Crippen LogP contribution >= 0.6 is 0 Å². The van der Waals surface area contributed by atoms with E-state index in [1.807, 2.05) is 64.1 Å². The first-order valence-corrected chi connectivity index (χ1v) is 14.4. The van der Waals surface area contributed by atoms with Gasteiger partial charge in [0.25, 0.3) is 5.91 Å². The molecule has 228 valence electrons. The summed E-state index contributed by atoms with van der Waals surface area (Å²) < 4.78 is 5.49. The summed E-state index contributed by atoms with van der Waals surface area (Å²) in [5.41, 5.74) is 3.79. The number of benzene rings is 3. The van der Waals surface area contributed by atoms with Gasteiger partial charge in [0.15, 0.2) is 0 Å². The molecular weight excluding hydrogens is 542 g/mol. The fourth-order valence-electron chi connectivity index (χ4n) is 4.87. The van der Waals surface area contributed by atoms with Gasteiger partial charge in [-0.2, -0.15) is 0 Å². The number of rotatable bonds is 10. The van der Waals surface area contributed by atoms with Gasteiger partial charge in [-0.25, -0.2) is 4.79 Å². The van der Waals surface area contributed by atoms with Crippen molar-refractivity contribution in [2.45, 2.75) is 78.6 Å². The van der Waals surface area contributed by atoms with E-state index >= 15 is 0 Å². The van der Waals surface area contributed by atoms with Crippen LogP contribution in [0.4, 0.5) is 10.5 Å². The molecule has 8 heteroatoms. The maximum Gasteiger partial charge on any atom is 0.408 e. The standard InChI is InChI=1S/C35H43N3O5/c1-9-25-14-11-15-27(20-25)31(32(40)37-30-23(4)12-10-13-24(30)5)38(22(2)3)33(41)29(36-34(42)43-35(6,7)8)21-26-16-18-28(39)19-17-26/h9-20,22,29,31,39H,1,21H2,2-8H3,(H,36,42)(H,37,40). The Morgan fingerprint density at radius 1 is 0.977 bits per heavy atom. The number of hydrogen-bond donors (Lipinski definition) is 3. The van der Waals surface area contributed by atoms with E-state index in [0.29, 0.717) is 16.8 Å². The third-order valence-corrected chi connectivity index (χ3v) is 6.89. The van der Waals surface area contributed by atoms with Gasteiger partial charge in [0.2, 0.25) is 5.91 Å². The minimum atomic E-state index is -1.07. The van der Waals surface area contributed by atoms with E-state index in [0.717, 1.165) is 16.7 Å². The summed E-state index contributed by atoms with van der Waals surface area (Å²) in [4.78, 5) is 43.2. The van der Waals surface area contributed by atoms with E-state index in [1.165, 1.54) is 17.0 Å². The summed E-state index contributed by atoms with van der Waals surface area (Å²) in [6.45, 7) is 16.6. The predicted octanol–water partition coefficient (Wildman–Crippen LogP) is 6.70. The monoisotopic (exact) mass is 585 g/mol. The van der Waals surface area contributed by atoms with Crippen LogP contribution in [0.25, 0.3) is 6.08 Å². The van der Waals surface area contributed by atoms with Gasteiger partial charge in [-0.1, -0.05) is 61.2 Å². The van der Waals surface area contributed by atoms with Gasteiger partial charge in [0.1, 0.15) is 23.4 Å². The van der Waals surface area contributed by atoms with Crippen LogP contribution in [0.2, 0.25) is 0 Å². The van der Waals surface area contributed by atoms with Crippen LogP contribution in [0.15, 0.2) is 73.3 Å². The van der Waals surface area contributed by atoms with Gasteiger partial charge < -0.3 is 25.4 Å². The van der Waals surface area contributed by atoms with Crippen molar-refractivity contribution in [3.05, 3.63) is 101 Å². The highest BCUT2D eigenvalue weighted by molar-refractivity contribution is 6.00. The molecule has 0 aliphatic rings. The largest absolute Gasteiger partial charge is 0.508 e. The van der Waals surface area contributed by atoms with E-state index in [1.54, 1.807) is 45.0 Å². The van der Waals surface area contributed by atoms with Crippen LogP contribution in [-0.2, 0) is 20.7 Å². The number of phenols is 1. The Kier molecular flexibility index (Phi) is 10.8. The molecule has 0 saturated carbocycles. The second kappa shape index (κ2) is 14.1. The lowest BCUT2D eigenvalue weighted by Crippen LogP contribution is -2.55. The molecule has 2 unspecified atom stereocenters. The number of nitrogens with zero attached hydrogens (tertiary/aromatic N) is 1. The Bertz CT molecular complexity index is 1440. The SMILES string of the molecule is C=Cc1cccc(C(C(=O)Nc2c(C)cccc2C)N(C(=O)C(Cc2ccc(O)cc2)NC(=O)OC(C)(C)C)C(C)C)c1.